The number of hydrogen-bond donors (Lipinski definition) is 0. The number of fused-ring (bicyclic) bond motifs is 4. The van der Waals surface area contributed by atoms with Crippen molar-refractivity contribution < 1.29 is 17.9 Å². The van der Waals surface area contributed by atoms with Crippen molar-refractivity contribution in [1.82, 2.24) is 14.3 Å². The van der Waals surface area contributed by atoms with Crippen LogP contribution in [0.5, 0.6) is 0 Å². The van der Waals surface area contributed by atoms with Crippen LogP contribution in [0, 0.1) is 0 Å². The van der Waals surface area contributed by atoms with Crippen LogP contribution in [-0.4, -0.2) is 41.8 Å². The third kappa shape index (κ3) is 2.19. The van der Waals surface area contributed by atoms with Crippen molar-refractivity contribution in [1.29, 1.82) is 0 Å². The maximum Gasteiger partial charge on any atom is 0.349 e. The van der Waals surface area contributed by atoms with Crippen molar-refractivity contribution >= 4 is 27.3 Å². The van der Waals surface area contributed by atoms with E-state index in [1.54, 1.807) is 11.6 Å². The Bertz CT molecular complexity index is 909. The average Bonchev–Trinajstić information content (AvgIpc) is 3.19. The highest BCUT2D eigenvalue weighted by Gasteiger charge is 2.48. The van der Waals surface area contributed by atoms with Gasteiger partial charge in [0.25, 0.3) is 0 Å². The van der Waals surface area contributed by atoms with Crippen molar-refractivity contribution in [3.63, 3.8) is 0 Å². The minimum atomic E-state index is -3.80. The van der Waals surface area contributed by atoms with E-state index in [0.717, 1.165) is 35.4 Å². The molecule has 4 heterocycles. The van der Waals surface area contributed by atoms with Gasteiger partial charge in [-0.25, -0.2) is 23.2 Å². The minimum absolute atomic E-state index is 0.0246. The van der Waals surface area contributed by atoms with E-state index in [2.05, 4.69) is 9.97 Å². The molecule has 2 bridgehead atoms. The Morgan fingerprint density at radius 1 is 1.42 bits per heavy atom. The molecule has 0 spiro atoms. The molecule has 0 aromatic carbocycles. The zero-order valence-corrected chi connectivity index (χ0v) is 14.5. The summed E-state index contributed by atoms with van der Waals surface area (Å²) in [6, 6.07) is 1.08. The first-order chi connectivity index (χ1) is 11.5. The summed E-state index contributed by atoms with van der Waals surface area (Å²) in [5.74, 6) is -0.628. The first-order valence-electron chi connectivity index (χ1n) is 7.52. The molecule has 2 atom stereocenters. The van der Waals surface area contributed by atoms with Crippen LogP contribution in [0.3, 0.4) is 0 Å². The Kier molecular flexibility index (Phi) is 3.66. The van der Waals surface area contributed by atoms with Gasteiger partial charge in [0.2, 0.25) is 10.0 Å². The molecule has 0 amide bonds. The number of carbonyl (C=O) groups excluding carboxylic acids is 1. The molecule has 2 aromatic heterocycles. The quantitative estimate of drug-likeness (QED) is 0.770. The molecule has 0 N–H and O–H groups in total. The molecule has 2 aliphatic heterocycles. The van der Waals surface area contributed by atoms with Crippen molar-refractivity contribution in [2.24, 2.45) is 0 Å². The summed E-state index contributed by atoms with van der Waals surface area (Å²) in [6.45, 7) is 0. The number of rotatable bonds is 3. The Hall–Kier alpha value is -1.84. The van der Waals surface area contributed by atoms with Crippen LogP contribution in [0.4, 0.5) is 0 Å². The lowest BCUT2D eigenvalue weighted by molar-refractivity contribution is 0.0602. The second-order valence-corrected chi connectivity index (χ2v) is 8.54. The summed E-state index contributed by atoms with van der Waals surface area (Å²) in [5.41, 5.74) is 1.78. The summed E-state index contributed by atoms with van der Waals surface area (Å²) >= 11 is 1.08. The molecule has 0 saturated carbocycles. The highest BCUT2D eigenvalue weighted by molar-refractivity contribution is 7.89. The van der Waals surface area contributed by atoms with E-state index < -0.39 is 16.0 Å². The first kappa shape index (κ1) is 15.7. The highest BCUT2D eigenvalue weighted by Crippen LogP contribution is 2.46. The predicted octanol–water partition coefficient (Wildman–Crippen LogP) is 1.78. The number of aromatic nitrogens is 2. The Balaban J connectivity index is 1.80. The van der Waals surface area contributed by atoms with Crippen LogP contribution in [0.1, 0.15) is 39.8 Å². The standard InChI is InChI=1S/C15H15N3O4S2/c1-22-15(19)14-13(4-5-23-14)24(20,21)18-9-2-3-12(18)10-7-16-8-17-11(10)6-9/h4-5,7-9,12H,2-3,6H2,1H3. The fourth-order valence-corrected chi connectivity index (χ4v) is 6.76. The van der Waals surface area contributed by atoms with Gasteiger partial charge in [-0.1, -0.05) is 0 Å². The van der Waals surface area contributed by atoms with Gasteiger partial charge >= 0.3 is 5.97 Å². The molecule has 0 radical (unpaired) electrons. The highest BCUT2D eigenvalue weighted by atomic mass is 32.2. The lowest BCUT2D eigenvalue weighted by Gasteiger charge is -2.34. The molecule has 0 aliphatic carbocycles. The third-order valence-corrected chi connectivity index (χ3v) is 7.64. The molecule has 24 heavy (non-hydrogen) atoms. The van der Waals surface area contributed by atoms with Crippen LogP contribution in [0.15, 0.2) is 28.9 Å². The second kappa shape index (κ2) is 5.61. The van der Waals surface area contributed by atoms with Crippen LogP contribution in [0.25, 0.3) is 0 Å². The third-order valence-electron chi connectivity index (χ3n) is 4.61. The molecular weight excluding hydrogens is 350 g/mol. The second-order valence-electron chi connectivity index (χ2n) is 5.82. The van der Waals surface area contributed by atoms with Crippen LogP contribution < -0.4 is 0 Å². The summed E-state index contributed by atoms with van der Waals surface area (Å²) < 4.78 is 32.7. The monoisotopic (exact) mass is 365 g/mol. The molecule has 7 nitrogen and oxygen atoms in total. The molecule has 1 saturated heterocycles. The molecule has 2 aromatic rings. The van der Waals surface area contributed by atoms with Gasteiger partial charge in [0, 0.05) is 24.2 Å². The summed E-state index contributed by atoms with van der Waals surface area (Å²) in [7, 11) is -2.55. The SMILES string of the molecule is COC(=O)c1sccc1S(=O)(=O)N1C2CCC1c1cncnc1C2. The fourth-order valence-electron chi connectivity index (χ4n) is 3.60. The van der Waals surface area contributed by atoms with Gasteiger partial charge in [0.05, 0.1) is 18.8 Å². The van der Waals surface area contributed by atoms with Gasteiger partial charge in [-0.3, -0.25) is 0 Å². The number of nitrogens with zero attached hydrogens (tertiary/aromatic N) is 3. The number of thiophene rings is 1. The maximum absolute atomic E-state index is 13.2. The molecule has 1 fully saturated rings. The van der Waals surface area contributed by atoms with Gasteiger partial charge in [-0.2, -0.15) is 4.31 Å². The average molecular weight is 365 g/mol. The van der Waals surface area contributed by atoms with Crippen LogP contribution >= 0.6 is 11.3 Å². The van der Waals surface area contributed by atoms with E-state index in [1.807, 2.05) is 0 Å². The van der Waals surface area contributed by atoms with Crippen molar-refractivity contribution in [3.8, 4) is 0 Å². The summed E-state index contributed by atoms with van der Waals surface area (Å²) in [6.07, 6.45) is 5.29. The zero-order valence-electron chi connectivity index (χ0n) is 12.9. The van der Waals surface area contributed by atoms with Crippen molar-refractivity contribution in [3.05, 3.63) is 40.1 Å². The Morgan fingerprint density at radius 3 is 3.04 bits per heavy atom. The van der Waals surface area contributed by atoms with E-state index in [4.69, 9.17) is 4.74 Å². The lowest BCUT2D eigenvalue weighted by Crippen LogP contribution is -2.42. The molecule has 2 aliphatic rings. The normalized spacial score (nSPS) is 23.0. The number of ether oxygens (including phenoxy) is 1. The largest absolute Gasteiger partial charge is 0.465 e. The van der Waals surface area contributed by atoms with Crippen molar-refractivity contribution in [2.45, 2.75) is 36.2 Å². The van der Waals surface area contributed by atoms with E-state index in [-0.39, 0.29) is 21.9 Å². The number of esters is 1. The maximum atomic E-state index is 13.2. The van der Waals surface area contributed by atoms with Crippen LogP contribution in [0.2, 0.25) is 0 Å². The molecule has 9 heteroatoms. The van der Waals surface area contributed by atoms with E-state index in [0.29, 0.717) is 6.42 Å². The van der Waals surface area contributed by atoms with E-state index >= 15 is 0 Å². The smallest absolute Gasteiger partial charge is 0.349 e. The molecular formula is C15H15N3O4S2. The fraction of sp³-hybridized carbons (Fsp3) is 0.400. The first-order valence-corrected chi connectivity index (χ1v) is 9.84. The summed E-state index contributed by atoms with van der Waals surface area (Å²) in [5, 5.41) is 1.60. The van der Waals surface area contributed by atoms with Crippen molar-refractivity contribution in [2.75, 3.05) is 7.11 Å². The number of sulfonamides is 1. The summed E-state index contributed by atoms with van der Waals surface area (Å²) in [4.78, 5) is 20.4. The van der Waals surface area contributed by atoms with Gasteiger partial charge in [-0.15, -0.1) is 11.3 Å². The van der Waals surface area contributed by atoms with Gasteiger partial charge in [-0.05, 0) is 24.3 Å². The Morgan fingerprint density at radius 2 is 2.25 bits per heavy atom. The minimum Gasteiger partial charge on any atom is -0.465 e. The predicted molar refractivity (Wildman–Crippen MR) is 86.2 cm³/mol. The number of methoxy groups -OCH3 is 1. The molecule has 126 valence electrons. The Labute approximate surface area is 143 Å². The lowest BCUT2D eigenvalue weighted by atomic mass is 10.0. The van der Waals surface area contributed by atoms with E-state index in [9.17, 15) is 13.2 Å². The number of carbonyl (C=O) groups is 1. The molecule has 2 unspecified atom stereocenters. The van der Waals surface area contributed by atoms with Gasteiger partial charge in [0.15, 0.2) is 0 Å². The number of hydrogen-bond acceptors (Lipinski definition) is 7. The topological polar surface area (TPSA) is 89.5 Å². The van der Waals surface area contributed by atoms with Gasteiger partial charge in [0.1, 0.15) is 16.1 Å². The molecule has 4 rings (SSSR count). The van der Waals surface area contributed by atoms with E-state index in [1.165, 1.54) is 23.8 Å². The van der Waals surface area contributed by atoms with Crippen LogP contribution in [-0.2, 0) is 21.2 Å². The zero-order chi connectivity index (χ0) is 16.9. The van der Waals surface area contributed by atoms with Gasteiger partial charge < -0.3 is 4.74 Å².